The summed E-state index contributed by atoms with van der Waals surface area (Å²) in [5.41, 5.74) is 1.91. The molecule has 1 aliphatic rings. The van der Waals surface area contributed by atoms with Crippen molar-refractivity contribution in [2.75, 3.05) is 6.54 Å². The maximum Gasteiger partial charge on any atom is 0.254 e. The summed E-state index contributed by atoms with van der Waals surface area (Å²) >= 11 is 0. The highest BCUT2D eigenvalue weighted by Gasteiger charge is 2.29. The van der Waals surface area contributed by atoms with E-state index in [-0.39, 0.29) is 11.9 Å². The first-order valence-electron chi connectivity index (χ1n) is 8.63. The van der Waals surface area contributed by atoms with E-state index in [4.69, 9.17) is 0 Å². The normalized spacial score (nSPS) is 17.1. The Balaban J connectivity index is 1.44. The van der Waals surface area contributed by atoms with E-state index in [0.717, 1.165) is 43.6 Å². The fraction of sp³-hybridized carbons (Fsp3) is 0.316. The Labute approximate surface area is 146 Å². The molecule has 0 aliphatic carbocycles. The number of likely N-dealkylation sites (tertiary alicyclic amines) is 1. The fourth-order valence-corrected chi connectivity index (χ4v) is 3.43. The Kier molecular flexibility index (Phi) is 4.33. The number of imidazole rings is 1. The van der Waals surface area contributed by atoms with Gasteiger partial charge in [-0.25, -0.2) is 4.98 Å². The van der Waals surface area contributed by atoms with E-state index in [2.05, 4.69) is 10.1 Å². The molecular formula is C19H21N5O. The minimum atomic E-state index is 0.115. The summed E-state index contributed by atoms with van der Waals surface area (Å²) in [6.07, 6.45) is 11.3. The van der Waals surface area contributed by atoms with E-state index < -0.39 is 0 Å². The smallest absolute Gasteiger partial charge is 0.254 e. The third-order valence-corrected chi connectivity index (χ3v) is 4.72. The number of carbonyl (C=O) groups is 1. The molecule has 0 N–H and O–H groups in total. The van der Waals surface area contributed by atoms with Crippen molar-refractivity contribution in [3.8, 4) is 0 Å². The standard InChI is InChI=1S/C19H21N5O/c25-19(24-11-1-3-18(24)14-23-10-2-8-21-23)17-6-4-16(5-7-17)13-22-12-9-20-15-22/h2,4-10,12,15,18H,1,3,11,13-14H2/t18-/m0/s1. The van der Waals surface area contributed by atoms with E-state index in [1.54, 1.807) is 18.7 Å². The first-order valence-corrected chi connectivity index (χ1v) is 8.63. The quantitative estimate of drug-likeness (QED) is 0.719. The second-order valence-corrected chi connectivity index (χ2v) is 6.45. The van der Waals surface area contributed by atoms with E-state index in [9.17, 15) is 4.79 Å². The molecule has 1 atom stereocenters. The second-order valence-electron chi connectivity index (χ2n) is 6.45. The Morgan fingerprint density at radius 1 is 1.16 bits per heavy atom. The summed E-state index contributed by atoms with van der Waals surface area (Å²) in [7, 11) is 0. The van der Waals surface area contributed by atoms with Gasteiger partial charge in [-0.1, -0.05) is 12.1 Å². The summed E-state index contributed by atoms with van der Waals surface area (Å²) in [4.78, 5) is 18.9. The van der Waals surface area contributed by atoms with Crippen molar-refractivity contribution in [3.63, 3.8) is 0 Å². The Bertz CT molecular complexity index is 808. The fourth-order valence-electron chi connectivity index (χ4n) is 3.43. The number of amides is 1. The maximum atomic E-state index is 12.9. The van der Waals surface area contributed by atoms with Gasteiger partial charge in [-0.15, -0.1) is 0 Å². The number of benzene rings is 1. The van der Waals surface area contributed by atoms with Crippen molar-refractivity contribution in [2.45, 2.75) is 32.0 Å². The van der Waals surface area contributed by atoms with Gasteiger partial charge in [0.15, 0.2) is 0 Å². The molecule has 1 aliphatic heterocycles. The van der Waals surface area contributed by atoms with Crippen LogP contribution in [0.3, 0.4) is 0 Å². The van der Waals surface area contributed by atoms with Gasteiger partial charge >= 0.3 is 0 Å². The lowest BCUT2D eigenvalue weighted by atomic mass is 10.1. The maximum absolute atomic E-state index is 12.9. The Morgan fingerprint density at radius 3 is 2.76 bits per heavy atom. The molecule has 1 amide bonds. The van der Waals surface area contributed by atoms with Crippen LogP contribution >= 0.6 is 0 Å². The van der Waals surface area contributed by atoms with Crippen molar-refractivity contribution < 1.29 is 4.79 Å². The van der Waals surface area contributed by atoms with Crippen LogP contribution in [0.2, 0.25) is 0 Å². The SMILES string of the molecule is O=C(c1ccc(Cn2ccnc2)cc1)N1CCC[C@H]1Cn1cccn1. The van der Waals surface area contributed by atoms with Crippen LogP contribution < -0.4 is 0 Å². The van der Waals surface area contributed by atoms with Gasteiger partial charge in [-0.3, -0.25) is 9.48 Å². The minimum absolute atomic E-state index is 0.115. The number of carbonyl (C=O) groups excluding carboxylic acids is 1. The molecule has 6 heteroatoms. The Hall–Kier alpha value is -2.89. The van der Waals surface area contributed by atoms with E-state index in [1.807, 2.05) is 56.9 Å². The molecule has 3 heterocycles. The van der Waals surface area contributed by atoms with Crippen LogP contribution in [0.4, 0.5) is 0 Å². The summed E-state index contributed by atoms with van der Waals surface area (Å²) in [6, 6.07) is 10.0. The molecule has 1 aromatic carbocycles. The van der Waals surface area contributed by atoms with E-state index >= 15 is 0 Å². The highest BCUT2D eigenvalue weighted by Crippen LogP contribution is 2.21. The summed E-state index contributed by atoms with van der Waals surface area (Å²) < 4.78 is 3.92. The first kappa shape index (κ1) is 15.6. The van der Waals surface area contributed by atoms with Crippen LogP contribution in [0.5, 0.6) is 0 Å². The van der Waals surface area contributed by atoms with Gasteiger partial charge in [-0.2, -0.15) is 5.10 Å². The molecule has 0 spiro atoms. The lowest BCUT2D eigenvalue weighted by Gasteiger charge is -2.25. The number of aromatic nitrogens is 4. The third kappa shape index (κ3) is 3.47. The van der Waals surface area contributed by atoms with Crippen molar-refractivity contribution >= 4 is 5.91 Å². The van der Waals surface area contributed by atoms with Crippen molar-refractivity contribution in [1.29, 1.82) is 0 Å². The second kappa shape index (κ2) is 6.93. The van der Waals surface area contributed by atoms with Gasteiger partial charge in [0.1, 0.15) is 0 Å². The third-order valence-electron chi connectivity index (χ3n) is 4.72. The summed E-state index contributed by atoms with van der Waals surface area (Å²) in [5, 5.41) is 4.26. The molecule has 0 saturated carbocycles. The number of hydrogen-bond acceptors (Lipinski definition) is 3. The zero-order valence-corrected chi connectivity index (χ0v) is 14.0. The van der Waals surface area contributed by atoms with Gasteiger partial charge in [0.25, 0.3) is 5.91 Å². The zero-order valence-electron chi connectivity index (χ0n) is 14.0. The van der Waals surface area contributed by atoms with Crippen LogP contribution in [-0.2, 0) is 13.1 Å². The average Bonchev–Trinajstić information content (AvgIpc) is 3.38. The molecule has 6 nitrogen and oxygen atoms in total. The summed E-state index contributed by atoms with van der Waals surface area (Å²) in [6.45, 7) is 2.35. The first-order chi connectivity index (χ1) is 12.3. The lowest BCUT2D eigenvalue weighted by molar-refractivity contribution is 0.0721. The molecule has 128 valence electrons. The van der Waals surface area contributed by atoms with Gasteiger partial charge in [0.05, 0.1) is 18.9 Å². The van der Waals surface area contributed by atoms with Crippen molar-refractivity contribution in [3.05, 3.63) is 72.6 Å². The zero-order chi connectivity index (χ0) is 17.1. The number of rotatable bonds is 5. The lowest BCUT2D eigenvalue weighted by Crippen LogP contribution is -2.38. The molecule has 2 aromatic heterocycles. The predicted molar refractivity (Wildman–Crippen MR) is 94.1 cm³/mol. The highest BCUT2D eigenvalue weighted by molar-refractivity contribution is 5.94. The van der Waals surface area contributed by atoms with Crippen LogP contribution in [-0.4, -0.2) is 42.7 Å². The van der Waals surface area contributed by atoms with E-state index in [1.165, 1.54) is 0 Å². The molecular weight excluding hydrogens is 314 g/mol. The van der Waals surface area contributed by atoms with Gasteiger partial charge in [0.2, 0.25) is 0 Å². The summed E-state index contributed by atoms with van der Waals surface area (Å²) in [5.74, 6) is 0.115. The van der Waals surface area contributed by atoms with E-state index in [0.29, 0.717) is 0 Å². The van der Waals surface area contributed by atoms with Gasteiger partial charge in [-0.05, 0) is 36.6 Å². The molecule has 0 unspecified atom stereocenters. The van der Waals surface area contributed by atoms with Crippen LogP contribution in [0.25, 0.3) is 0 Å². The van der Waals surface area contributed by atoms with Crippen LogP contribution in [0.15, 0.2) is 61.4 Å². The molecule has 3 aromatic rings. The molecule has 1 saturated heterocycles. The number of nitrogens with zero attached hydrogens (tertiary/aromatic N) is 5. The largest absolute Gasteiger partial charge is 0.334 e. The monoisotopic (exact) mass is 335 g/mol. The molecule has 25 heavy (non-hydrogen) atoms. The molecule has 4 rings (SSSR count). The van der Waals surface area contributed by atoms with Gasteiger partial charge in [0, 0.05) is 43.4 Å². The molecule has 1 fully saturated rings. The minimum Gasteiger partial charge on any atom is -0.334 e. The van der Waals surface area contributed by atoms with Crippen LogP contribution in [0, 0.1) is 0 Å². The topological polar surface area (TPSA) is 56.0 Å². The Morgan fingerprint density at radius 2 is 2.04 bits per heavy atom. The van der Waals surface area contributed by atoms with Crippen LogP contribution in [0.1, 0.15) is 28.8 Å². The molecule has 0 radical (unpaired) electrons. The highest BCUT2D eigenvalue weighted by atomic mass is 16.2. The van der Waals surface area contributed by atoms with Crippen molar-refractivity contribution in [2.24, 2.45) is 0 Å². The van der Waals surface area contributed by atoms with Crippen molar-refractivity contribution in [1.82, 2.24) is 24.2 Å². The number of hydrogen-bond donors (Lipinski definition) is 0. The molecule has 0 bridgehead atoms. The predicted octanol–water partition coefficient (Wildman–Crippen LogP) is 2.43. The van der Waals surface area contributed by atoms with Gasteiger partial charge < -0.3 is 9.47 Å². The average molecular weight is 335 g/mol.